The molecule has 0 aliphatic carbocycles. The highest BCUT2D eigenvalue weighted by molar-refractivity contribution is 6.30. The Morgan fingerprint density at radius 3 is 2.48 bits per heavy atom. The zero-order valence-electron chi connectivity index (χ0n) is 16.4. The Hall–Kier alpha value is -3.11. The minimum Gasteiger partial charge on any atom is -0.342 e. The monoisotopic (exact) mass is 403 g/mol. The predicted molar refractivity (Wildman–Crippen MR) is 117 cm³/mol. The maximum absolute atomic E-state index is 12.8. The fourth-order valence-corrected chi connectivity index (χ4v) is 3.66. The lowest BCUT2D eigenvalue weighted by Gasteiger charge is -2.17. The highest BCUT2D eigenvalue weighted by Crippen LogP contribution is 2.23. The van der Waals surface area contributed by atoms with Crippen molar-refractivity contribution in [2.75, 3.05) is 0 Å². The van der Waals surface area contributed by atoms with Crippen LogP contribution >= 0.6 is 11.6 Å². The minimum absolute atomic E-state index is 0.0966. The van der Waals surface area contributed by atoms with Crippen LogP contribution in [0.15, 0.2) is 72.8 Å². The van der Waals surface area contributed by atoms with Crippen molar-refractivity contribution in [3.05, 3.63) is 100 Å². The second-order valence-corrected chi connectivity index (χ2v) is 7.62. The van der Waals surface area contributed by atoms with E-state index < -0.39 is 0 Å². The molecule has 0 saturated carbocycles. The van der Waals surface area contributed by atoms with Gasteiger partial charge in [0.15, 0.2) is 0 Å². The smallest absolute Gasteiger partial charge is 0.252 e. The van der Waals surface area contributed by atoms with Crippen LogP contribution in [0.25, 0.3) is 11.0 Å². The largest absolute Gasteiger partial charge is 0.342 e. The number of hydrogen-bond acceptors (Lipinski definition) is 2. The van der Waals surface area contributed by atoms with E-state index >= 15 is 0 Å². The number of aryl methyl sites for hydroxylation is 1. The van der Waals surface area contributed by atoms with Gasteiger partial charge in [-0.3, -0.25) is 4.79 Å². The molecule has 1 heterocycles. The van der Waals surface area contributed by atoms with Gasteiger partial charge in [0, 0.05) is 17.1 Å². The number of carbonyl (C=O) groups excluding carboxylic acids is 1. The minimum atomic E-state index is -0.248. The maximum atomic E-state index is 12.8. The third-order valence-corrected chi connectivity index (χ3v) is 5.31. The summed E-state index contributed by atoms with van der Waals surface area (Å²) in [7, 11) is 0. The lowest BCUT2D eigenvalue weighted by atomic mass is 10.1. The third kappa shape index (κ3) is 4.03. The fourth-order valence-electron chi connectivity index (χ4n) is 3.53. The number of para-hydroxylation sites is 2. The number of halogens is 1. The number of imidazole rings is 1. The van der Waals surface area contributed by atoms with Gasteiger partial charge in [-0.25, -0.2) is 4.98 Å². The van der Waals surface area contributed by atoms with Crippen LogP contribution in [0.3, 0.4) is 0 Å². The van der Waals surface area contributed by atoms with E-state index in [1.165, 1.54) is 0 Å². The summed E-state index contributed by atoms with van der Waals surface area (Å²) in [6, 6.07) is 23.2. The van der Waals surface area contributed by atoms with Gasteiger partial charge in [-0.2, -0.15) is 0 Å². The van der Waals surface area contributed by atoms with Gasteiger partial charge in [0.1, 0.15) is 5.82 Å². The van der Waals surface area contributed by atoms with E-state index in [4.69, 9.17) is 16.6 Å². The Morgan fingerprint density at radius 1 is 1.03 bits per heavy atom. The Bertz CT molecular complexity index is 1160. The first-order valence-corrected chi connectivity index (χ1v) is 9.97. The molecule has 0 spiro atoms. The molecule has 5 heteroatoms. The van der Waals surface area contributed by atoms with Gasteiger partial charge >= 0.3 is 0 Å². The topological polar surface area (TPSA) is 46.9 Å². The first-order valence-electron chi connectivity index (χ1n) is 9.59. The molecule has 1 N–H and O–H groups in total. The highest BCUT2D eigenvalue weighted by atomic mass is 35.5. The molecule has 146 valence electrons. The zero-order valence-corrected chi connectivity index (χ0v) is 17.1. The van der Waals surface area contributed by atoms with Crippen molar-refractivity contribution >= 4 is 28.5 Å². The van der Waals surface area contributed by atoms with Crippen molar-refractivity contribution in [2.45, 2.75) is 26.4 Å². The molecule has 0 saturated heterocycles. The van der Waals surface area contributed by atoms with Crippen LogP contribution in [0.5, 0.6) is 0 Å². The molecule has 0 fully saturated rings. The number of benzene rings is 3. The standard InChI is InChI=1S/C24H22ClN3O/c1-16-7-3-4-8-20(16)24(29)26-17(2)23-27-21-9-5-6-10-22(21)28(23)15-18-11-13-19(25)14-12-18/h3-14,17H,15H2,1-2H3,(H,26,29)/t17-/m1/s1. The van der Waals surface area contributed by atoms with Crippen molar-refractivity contribution in [3.63, 3.8) is 0 Å². The summed E-state index contributed by atoms with van der Waals surface area (Å²) >= 11 is 6.03. The molecule has 3 aromatic carbocycles. The number of aromatic nitrogens is 2. The number of hydrogen-bond donors (Lipinski definition) is 1. The van der Waals surface area contributed by atoms with Gasteiger partial charge in [-0.15, -0.1) is 0 Å². The van der Waals surface area contributed by atoms with E-state index in [9.17, 15) is 4.79 Å². The molecule has 0 unspecified atom stereocenters. The lowest BCUT2D eigenvalue weighted by molar-refractivity contribution is 0.0937. The van der Waals surface area contributed by atoms with Crippen molar-refractivity contribution in [1.29, 1.82) is 0 Å². The van der Waals surface area contributed by atoms with Crippen LogP contribution in [0.2, 0.25) is 5.02 Å². The molecule has 0 aliphatic heterocycles. The summed E-state index contributed by atoms with van der Waals surface area (Å²) in [5.74, 6) is 0.726. The Balaban J connectivity index is 1.68. The van der Waals surface area contributed by atoms with Crippen LogP contribution in [-0.2, 0) is 6.54 Å². The molecule has 4 nitrogen and oxygen atoms in total. The number of nitrogens with zero attached hydrogens (tertiary/aromatic N) is 2. The molecule has 0 aliphatic rings. The molecular formula is C24H22ClN3O. The molecule has 4 rings (SSSR count). The van der Waals surface area contributed by atoms with Crippen molar-refractivity contribution < 1.29 is 4.79 Å². The summed E-state index contributed by atoms with van der Waals surface area (Å²) < 4.78 is 2.15. The Kier molecular flexibility index (Phi) is 5.36. The van der Waals surface area contributed by atoms with Gasteiger partial charge in [0.2, 0.25) is 0 Å². The first-order chi connectivity index (χ1) is 14.0. The summed E-state index contributed by atoms with van der Waals surface area (Å²) in [4.78, 5) is 17.6. The Labute approximate surface area is 175 Å². The quantitative estimate of drug-likeness (QED) is 0.475. The number of fused-ring (bicyclic) bond motifs is 1. The van der Waals surface area contributed by atoms with Gasteiger partial charge in [-0.05, 0) is 55.3 Å². The van der Waals surface area contributed by atoms with Gasteiger partial charge in [0.05, 0.1) is 17.1 Å². The molecular weight excluding hydrogens is 382 g/mol. The third-order valence-electron chi connectivity index (χ3n) is 5.06. The van der Waals surface area contributed by atoms with Crippen LogP contribution in [0.1, 0.15) is 40.3 Å². The average Bonchev–Trinajstić information content (AvgIpc) is 3.08. The summed E-state index contributed by atoms with van der Waals surface area (Å²) in [6.07, 6.45) is 0. The molecule has 29 heavy (non-hydrogen) atoms. The first kappa shape index (κ1) is 19.2. The number of carbonyl (C=O) groups is 1. The summed E-state index contributed by atoms with van der Waals surface area (Å²) in [6.45, 7) is 4.56. The molecule has 0 radical (unpaired) electrons. The number of rotatable bonds is 5. The normalized spacial score (nSPS) is 12.1. The summed E-state index contributed by atoms with van der Waals surface area (Å²) in [5, 5.41) is 3.82. The SMILES string of the molecule is Cc1ccccc1C(=O)N[C@H](C)c1nc2ccccc2n1Cc1ccc(Cl)cc1. The Morgan fingerprint density at radius 2 is 1.72 bits per heavy atom. The second kappa shape index (κ2) is 8.10. The van der Waals surface area contributed by atoms with E-state index in [1.807, 2.05) is 80.6 Å². The molecule has 1 atom stereocenters. The van der Waals surface area contributed by atoms with E-state index in [0.717, 1.165) is 28.0 Å². The van der Waals surface area contributed by atoms with E-state index in [0.29, 0.717) is 17.1 Å². The maximum Gasteiger partial charge on any atom is 0.252 e. The average molecular weight is 404 g/mol. The highest BCUT2D eigenvalue weighted by Gasteiger charge is 2.20. The van der Waals surface area contributed by atoms with Crippen molar-refractivity contribution in [3.8, 4) is 0 Å². The number of nitrogens with one attached hydrogen (secondary N) is 1. The summed E-state index contributed by atoms with van der Waals surface area (Å²) in [5.41, 5.74) is 4.70. The van der Waals surface area contributed by atoms with Crippen LogP contribution in [-0.4, -0.2) is 15.5 Å². The fraction of sp³-hybridized carbons (Fsp3) is 0.167. The van der Waals surface area contributed by atoms with Crippen LogP contribution in [0.4, 0.5) is 0 Å². The van der Waals surface area contributed by atoms with E-state index in [2.05, 4.69) is 16.0 Å². The lowest BCUT2D eigenvalue weighted by Crippen LogP contribution is -2.29. The van der Waals surface area contributed by atoms with Crippen molar-refractivity contribution in [2.24, 2.45) is 0 Å². The van der Waals surface area contributed by atoms with Crippen LogP contribution < -0.4 is 5.32 Å². The van der Waals surface area contributed by atoms with Crippen molar-refractivity contribution in [1.82, 2.24) is 14.9 Å². The molecule has 1 amide bonds. The van der Waals surface area contributed by atoms with E-state index in [1.54, 1.807) is 0 Å². The van der Waals surface area contributed by atoms with Gasteiger partial charge in [0.25, 0.3) is 5.91 Å². The van der Waals surface area contributed by atoms with Gasteiger partial charge < -0.3 is 9.88 Å². The van der Waals surface area contributed by atoms with Crippen LogP contribution in [0, 0.1) is 6.92 Å². The number of amides is 1. The molecule has 0 bridgehead atoms. The predicted octanol–water partition coefficient (Wildman–Crippen LogP) is 5.54. The van der Waals surface area contributed by atoms with Gasteiger partial charge in [-0.1, -0.05) is 54.1 Å². The second-order valence-electron chi connectivity index (χ2n) is 7.18. The zero-order chi connectivity index (χ0) is 20.4. The molecule has 1 aromatic heterocycles. The van der Waals surface area contributed by atoms with E-state index in [-0.39, 0.29) is 11.9 Å². The molecule has 4 aromatic rings.